The van der Waals surface area contributed by atoms with Crippen LogP contribution >= 0.6 is 0 Å². The standard InChI is InChI=1S/2C3H7.2C2H3N.Ti/c2*1-3-2;2*1-2-3;/h2*3H,1-2H3;2*1H3;/q2*-1;;;+2. The topological polar surface area (TPSA) is 47.6 Å². The molecule has 0 heterocycles. The molecule has 0 saturated heterocycles. The summed E-state index contributed by atoms with van der Waals surface area (Å²) in [5, 5.41) is 14.6. The third kappa shape index (κ3) is 11800. The van der Waals surface area contributed by atoms with Crippen molar-refractivity contribution in [2.45, 2.75) is 41.5 Å². The van der Waals surface area contributed by atoms with Gasteiger partial charge >= 0.3 is 21.7 Å². The molecule has 74 valence electrons. The molecule has 0 atom stereocenters. The number of nitriles is 2. The largest absolute Gasteiger partial charge is 2.00 e. The Kier molecular flexibility index (Phi) is 221. The SMILES string of the molecule is CC#N.CC#N.C[CH-]C.C[CH-]C.[Ti+2]. The van der Waals surface area contributed by atoms with E-state index in [0.29, 0.717) is 0 Å². The molecule has 13 heavy (non-hydrogen) atoms. The van der Waals surface area contributed by atoms with Crippen LogP contribution in [0.4, 0.5) is 0 Å². The molecule has 0 N–H and O–H groups in total. The van der Waals surface area contributed by atoms with Crippen molar-refractivity contribution in [3.8, 4) is 12.1 Å². The zero-order valence-electron chi connectivity index (χ0n) is 9.55. The van der Waals surface area contributed by atoms with Crippen LogP contribution in [0.2, 0.25) is 0 Å². The minimum atomic E-state index is 0. The molecule has 3 heteroatoms. The number of hydrogen-bond donors (Lipinski definition) is 0. The van der Waals surface area contributed by atoms with Gasteiger partial charge in [-0.15, -0.1) is 0 Å². The predicted octanol–water partition coefficient (Wildman–Crippen LogP) is 3.52. The van der Waals surface area contributed by atoms with E-state index >= 15 is 0 Å². The van der Waals surface area contributed by atoms with Crippen molar-refractivity contribution in [1.29, 1.82) is 10.5 Å². The van der Waals surface area contributed by atoms with Crippen molar-refractivity contribution in [1.82, 2.24) is 0 Å². The van der Waals surface area contributed by atoms with E-state index in [1.54, 1.807) is 12.1 Å². The molecule has 0 fully saturated rings. The van der Waals surface area contributed by atoms with Gasteiger partial charge < -0.3 is 12.8 Å². The molecule has 0 radical (unpaired) electrons. The van der Waals surface area contributed by atoms with E-state index in [-0.39, 0.29) is 21.7 Å². The van der Waals surface area contributed by atoms with E-state index in [2.05, 4.69) is 0 Å². The molecule has 0 aliphatic heterocycles. The van der Waals surface area contributed by atoms with Crippen molar-refractivity contribution in [3.05, 3.63) is 12.8 Å². The van der Waals surface area contributed by atoms with Crippen LogP contribution in [-0.4, -0.2) is 0 Å². The van der Waals surface area contributed by atoms with E-state index < -0.39 is 0 Å². The third-order valence-corrected chi connectivity index (χ3v) is 0. The van der Waals surface area contributed by atoms with Gasteiger partial charge in [0.2, 0.25) is 0 Å². The zero-order valence-corrected chi connectivity index (χ0v) is 11.1. The molecule has 0 aliphatic rings. The Balaban J connectivity index is -0.0000000213. The molecule has 2 nitrogen and oxygen atoms in total. The van der Waals surface area contributed by atoms with Gasteiger partial charge in [-0.25, -0.2) is 0 Å². The van der Waals surface area contributed by atoms with Crippen LogP contribution in [-0.2, 0) is 21.7 Å². The molecule has 0 aromatic heterocycles. The maximum atomic E-state index is 7.32. The van der Waals surface area contributed by atoms with Gasteiger partial charge in [0, 0.05) is 13.8 Å². The fourth-order valence-corrected chi connectivity index (χ4v) is 0. The van der Waals surface area contributed by atoms with Crippen molar-refractivity contribution < 1.29 is 21.7 Å². The van der Waals surface area contributed by atoms with Gasteiger partial charge in [-0.3, -0.25) is 0 Å². The molecule has 0 aromatic carbocycles. The molecule has 0 bridgehead atoms. The average molecular weight is 216 g/mol. The first-order valence-electron chi connectivity index (χ1n) is 3.76. The fraction of sp³-hybridized carbons (Fsp3) is 0.600. The maximum Gasteiger partial charge on any atom is 2.00 e. The molecule has 0 aliphatic carbocycles. The fourth-order valence-electron chi connectivity index (χ4n) is 0. The van der Waals surface area contributed by atoms with E-state index in [9.17, 15) is 0 Å². The first-order valence-corrected chi connectivity index (χ1v) is 3.76. The smallest absolute Gasteiger partial charge is 0.335 e. The second-order valence-electron chi connectivity index (χ2n) is 1.60. The Morgan fingerprint density at radius 3 is 0.769 bits per heavy atom. The minimum Gasteiger partial charge on any atom is -0.335 e. The molecule has 0 spiro atoms. The summed E-state index contributed by atoms with van der Waals surface area (Å²) >= 11 is 0. The quantitative estimate of drug-likeness (QED) is 0.459. The summed E-state index contributed by atoms with van der Waals surface area (Å²) in [4.78, 5) is 0. The van der Waals surface area contributed by atoms with Crippen molar-refractivity contribution in [2.24, 2.45) is 0 Å². The molecular formula is C10H20N2Ti. The monoisotopic (exact) mass is 216 g/mol. The van der Waals surface area contributed by atoms with E-state index in [4.69, 9.17) is 10.5 Å². The Labute approximate surface area is 98.8 Å². The first kappa shape index (κ1) is 29.3. The van der Waals surface area contributed by atoms with Crippen molar-refractivity contribution in [3.63, 3.8) is 0 Å². The van der Waals surface area contributed by atoms with Gasteiger partial charge in [-0.2, -0.15) is 38.2 Å². The maximum absolute atomic E-state index is 7.32. The average Bonchev–Trinajstić information content (AvgIpc) is 1.92. The molecule has 0 unspecified atom stereocenters. The minimum absolute atomic E-state index is 0. The summed E-state index contributed by atoms with van der Waals surface area (Å²) in [7, 11) is 0. The number of rotatable bonds is 0. The second-order valence-corrected chi connectivity index (χ2v) is 1.60. The van der Waals surface area contributed by atoms with Crippen LogP contribution in [0.25, 0.3) is 0 Å². The van der Waals surface area contributed by atoms with Crippen LogP contribution in [0.3, 0.4) is 0 Å². The van der Waals surface area contributed by atoms with Gasteiger partial charge in [0.15, 0.2) is 0 Å². The molecule has 0 amide bonds. The zero-order chi connectivity index (χ0) is 10.8. The van der Waals surface area contributed by atoms with E-state index in [1.165, 1.54) is 13.8 Å². The van der Waals surface area contributed by atoms with Gasteiger partial charge in [-0.05, 0) is 0 Å². The summed E-state index contributed by atoms with van der Waals surface area (Å²) in [6.45, 7) is 10.9. The summed E-state index contributed by atoms with van der Waals surface area (Å²) < 4.78 is 0. The third-order valence-electron chi connectivity index (χ3n) is 0. The van der Waals surface area contributed by atoms with Crippen LogP contribution < -0.4 is 0 Å². The molecule has 0 aromatic rings. The van der Waals surface area contributed by atoms with Crippen LogP contribution in [0, 0.1) is 35.5 Å². The van der Waals surface area contributed by atoms with Crippen molar-refractivity contribution >= 4 is 0 Å². The van der Waals surface area contributed by atoms with Crippen LogP contribution in [0.5, 0.6) is 0 Å². The Bertz CT molecular complexity index is 86.5. The second kappa shape index (κ2) is 98.0. The normalized spacial score (nSPS) is 4.00. The van der Waals surface area contributed by atoms with Gasteiger partial charge in [-0.1, -0.05) is 0 Å². The Morgan fingerprint density at radius 2 is 0.769 bits per heavy atom. The van der Waals surface area contributed by atoms with E-state index in [0.717, 1.165) is 0 Å². The van der Waals surface area contributed by atoms with Crippen LogP contribution in [0.15, 0.2) is 0 Å². The summed E-state index contributed by atoms with van der Waals surface area (Å²) in [6.07, 6.45) is 4.00. The van der Waals surface area contributed by atoms with Gasteiger partial charge in [0.1, 0.15) is 0 Å². The number of hydrogen-bond acceptors (Lipinski definition) is 2. The molecular weight excluding hydrogens is 196 g/mol. The molecule has 0 saturated carbocycles. The summed E-state index contributed by atoms with van der Waals surface area (Å²) in [5.74, 6) is 0. The van der Waals surface area contributed by atoms with Gasteiger partial charge in [0.25, 0.3) is 0 Å². The Morgan fingerprint density at radius 1 is 0.769 bits per heavy atom. The Hall–Kier alpha value is -0.306. The van der Waals surface area contributed by atoms with Gasteiger partial charge in [0.05, 0.1) is 12.1 Å². The molecule has 0 rings (SSSR count). The van der Waals surface area contributed by atoms with Crippen molar-refractivity contribution in [2.75, 3.05) is 0 Å². The van der Waals surface area contributed by atoms with Crippen LogP contribution in [0.1, 0.15) is 41.5 Å². The summed E-state index contributed by atoms with van der Waals surface area (Å²) in [5.41, 5.74) is 0. The summed E-state index contributed by atoms with van der Waals surface area (Å²) in [6, 6.07) is 3.50. The van der Waals surface area contributed by atoms with E-state index in [1.807, 2.05) is 40.5 Å². The number of nitrogens with zero attached hydrogens (tertiary/aromatic N) is 2. The first-order chi connectivity index (χ1) is 5.66. The predicted molar refractivity (Wildman–Crippen MR) is 53.9 cm³/mol.